The number of benzene rings is 1. The quantitative estimate of drug-likeness (QED) is 0.798. The van der Waals surface area contributed by atoms with Crippen LogP contribution < -0.4 is 11.1 Å². The summed E-state index contributed by atoms with van der Waals surface area (Å²) in [6, 6.07) is 7.82. The summed E-state index contributed by atoms with van der Waals surface area (Å²) in [6.07, 6.45) is 2.76. The number of nitrogens with two attached hydrogens (primary N) is 1. The van der Waals surface area contributed by atoms with Gasteiger partial charge in [0.15, 0.2) is 0 Å². The Balaban J connectivity index is 0.00000288. The number of likely N-dealkylation sites (tertiary alicyclic amines) is 1. The van der Waals surface area contributed by atoms with Gasteiger partial charge in [0.25, 0.3) is 0 Å². The number of hydrogen-bond donors (Lipinski definition) is 2. The van der Waals surface area contributed by atoms with Gasteiger partial charge in [-0.1, -0.05) is 32.0 Å². The molecule has 1 aromatic carbocycles. The highest BCUT2D eigenvalue weighted by atomic mass is 35.5. The van der Waals surface area contributed by atoms with Crippen molar-refractivity contribution in [3.8, 4) is 0 Å². The van der Waals surface area contributed by atoms with Gasteiger partial charge < -0.3 is 16.0 Å². The lowest BCUT2D eigenvalue weighted by Crippen LogP contribution is -2.47. The van der Waals surface area contributed by atoms with E-state index in [9.17, 15) is 9.59 Å². The average Bonchev–Trinajstić information content (AvgIpc) is 2.54. The van der Waals surface area contributed by atoms with Crippen LogP contribution >= 0.6 is 12.4 Å². The maximum Gasteiger partial charge on any atom is 0.225 e. The molecule has 3 N–H and O–H groups in total. The first-order valence-electron chi connectivity index (χ1n) is 8.39. The zero-order valence-corrected chi connectivity index (χ0v) is 15.3. The van der Waals surface area contributed by atoms with E-state index in [4.69, 9.17) is 5.73 Å². The molecule has 1 fully saturated rings. The molecule has 0 unspecified atom stereocenters. The number of para-hydroxylation sites is 1. The number of carbonyl (C=O) groups excluding carboxylic acids is 2. The zero-order chi connectivity index (χ0) is 16.8. The summed E-state index contributed by atoms with van der Waals surface area (Å²) in [4.78, 5) is 25.9. The highest BCUT2D eigenvalue weighted by Gasteiger charge is 2.24. The molecule has 0 aliphatic carbocycles. The Hall–Kier alpha value is -1.75. The Kier molecular flexibility index (Phi) is 8.05. The molecule has 0 aromatic heterocycles. The number of rotatable bonds is 5. The fourth-order valence-corrected chi connectivity index (χ4v) is 2.92. The molecule has 1 heterocycles. The van der Waals surface area contributed by atoms with Crippen LogP contribution in [0.3, 0.4) is 0 Å². The molecular formula is C18H28ClN3O2. The number of nitrogen functional groups attached to an aromatic ring is 1. The molecule has 0 atom stereocenters. The molecule has 24 heavy (non-hydrogen) atoms. The van der Waals surface area contributed by atoms with Gasteiger partial charge in [-0.3, -0.25) is 9.59 Å². The molecule has 1 aliphatic rings. The van der Waals surface area contributed by atoms with E-state index in [0.29, 0.717) is 12.8 Å². The van der Waals surface area contributed by atoms with E-state index < -0.39 is 0 Å². The smallest absolute Gasteiger partial charge is 0.225 e. The molecule has 2 amide bonds. The van der Waals surface area contributed by atoms with Gasteiger partial charge in [-0.2, -0.15) is 0 Å². The van der Waals surface area contributed by atoms with Crippen molar-refractivity contribution in [1.82, 2.24) is 10.2 Å². The van der Waals surface area contributed by atoms with Gasteiger partial charge in [-0.25, -0.2) is 0 Å². The largest absolute Gasteiger partial charge is 0.399 e. The monoisotopic (exact) mass is 353 g/mol. The summed E-state index contributed by atoms with van der Waals surface area (Å²) in [6.45, 7) is 5.30. The summed E-state index contributed by atoms with van der Waals surface area (Å²) >= 11 is 0. The molecule has 0 bridgehead atoms. The molecule has 1 aliphatic heterocycles. The standard InChI is InChI=1S/C18H27N3O2.ClH/c1-13(2)18(23)21-11-9-15(10-12-21)20-17(22)8-7-14-5-3-4-6-16(14)19;/h3-6,13,15H,7-12,19H2,1-2H3,(H,20,22);1H. The van der Waals surface area contributed by atoms with E-state index in [1.165, 1.54) is 0 Å². The van der Waals surface area contributed by atoms with Crippen LogP contribution in [0, 0.1) is 5.92 Å². The van der Waals surface area contributed by atoms with Crippen molar-refractivity contribution in [2.24, 2.45) is 5.92 Å². The second kappa shape index (κ2) is 9.52. The van der Waals surface area contributed by atoms with Gasteiger partial charge in [-0.15, -0.1) is 12.4 Å². The highest BCUT2D eigenvalue weighted by Crippen LogP contribution is 2.15. The highest BCUT2D eigenvalue weighted by molar-refractivity contribution is 5.85. The van der Waals surface area contributed by atoms with Crippen molar-refractivity contribution >= 4 is 29.9 Å². The van der Waals surface area contributed by atoms with Crippen LogP contribution in [0.4, 0.5) is 5.69 Å². The van der Waals surface area contributed by atoms with Gasteiger partial charge in [0.05, 0.1) is 0 Å². The number of amides is 2. The minimum absolute atomic E-state index is 0. The maximum absolute atomic E-state index is 12.1. The lowest BCUT2D eigenvalue weighted by atomic mass is 10.0. The molecular weight excluding hydrogens is 326 g/mol. The number of aryl methyl sites for hydroxylation is 1. The van der Waals surface area contributed by atoms with Crippen molar-refractivity contribution in [2.45, 2.75) is 45.6 Å². The molecule has 0 saturated carbocycles. The molecule has 5 nitrogen and oxygen atoms in total. The third-order valence-electron chi connectivity index (χ3n) is 4.34. The Morgan fingerprint density at radius 3 is 2.46 bits per heavy atom. The topological polar surface area (TPSA) is 75.4 Å². The summed E-state index contributed by atoms with van der Waals surface area (Å²) < 4.78 is 0. The molecule has 6 heteroatoms. The van der Waals surface area contributed by atoms with E-state index in [0.717, 1.165) is 37.2 Å². The number of anilines is 1. The number of halogens is 1. The van der Waals surface area contributed by atoms with E-state index in [1.54, 1.807) is 0 Å². The van der Waals surface area contributed by atoms with Crippen LogP contribution in [0.15, 0.2) is 24.3 Å². The number of nitrogens with one attached hydrogen (secondary N) is 1. The Morgan fingerprint density at radius 2 is 1.88 bits per heavy atom. The van der Waals surface area contributed by atoms with Crippen molar-refractivity contribution in [2.75, 3.05) is 18.8 Å². The van der Waals surface area contributed by atoms with Gasteiger partial charge in [0, 0.05) is 37.2 Å². The molecule has 134 valence electrons. The zero-order valence-electron chi connectivity index (χ0n) is 14.5. The Bertz CT molecular complexity index is 555. The second-order valence-electron chi connectivity index (χ2n) is 6.52. The van der Waals surface area contributed by atoms with Crippen molar-refractivity contribution < 1.29 is 9.59 Å². The lowest BCUT2D eigenvalue weighted by Gasteiger charge is -2.33. The third kappa shape index (κ3) is 5.71. The van der Waals surface area contributed by atoms with Crippen LogP contribution in [0.5, 0.6) is 0 Å². The van der Waals surface area contributed by atoms with Gasteiger partial charge >= 0.3 is 0 Å². The lowest BCUT2D eigenvalue weighted by molar-refractivity contribution is -0.135. The minimum Gasteiger partial charge on any atom is -0.399 e. The summed E-state index contributed by atoms with van der Waals surface area (Å²) in [5.74, 6) is 0.300. The fourth-order valence-electron chi connectivity index (χ4n) is 2.92. The molecule has 0 spiro atoms. The number of nitrogens with zero attached hydrogens (tertiary/aromatic N) is 1. The summed E-state index contributed by atoms with van der Waals surface area (Å²) in [5, 5.41) is 3.08. The first-order valence-corrected chi connectivity index (χ1v) is 8.39. The third-order valence-corrected chi connectivity index (χ3v) is 4.34. The summed E-state index contributed by atoms with van der Waals surface area (Å²) in [5.41, 5.74) is 7.64. The fraction of sp³-hybridized carbons (Fsp3) is 0.556. The molecule has 1 aromatic rings. The molecule has 0 radical (unpaired) electrons. The average molecular weight is 354 g/mol. The number of hydrogen-bond acceptors (Lipinski definition) is 3. The predicted molar refractivity (Wildman–Crippen MR) is 99.0 cm³/mol. The second-order valence-corrected chi connectivity index (χ2v) is 6.52. The number of carbonyl (C=O) groups is 2. The first-order chi connectivity index (χ1) is 11.0. The maximum atomic E-state index is 12.1. The van der Waals surface area contributed by atoms with Crippen LogP contribution in [0.25, 0.3) is 0 Å². The first kappa shape index (κ1) is 20.3. The van der Waals surface area contributed by atoms with E-state index in [-0.39, 0.29) is 36.2 Å². The van der Waals surface area contributed by atoms with Crippen LogP contribution in [0.1, 0.15) is 38.7 Å². The van der Waals surface area contributed by atoms with Crippen LogP contribution in [-0.2, 0) is 16.0 Å². The Labute approximate surface area is 150 Å². The van der Waals surface area contributed by atoms with E-state index in [1.807, 2.05) is 43.0 Å². The molecule has 2 rings (SSSR count). The number of piperidine rings is 1. The molecule has 1 saturated heterocycles. The van der Waals surface area contributed by atoms with Crippen molar-refractivity contribution in [1.29, 1.82) is 0 Å². The summed E-state index contributed by atoms with van der Waals surface area (Å²) in [7, 11) is 0. The van der Waals surface area contributed by atoms with Gasteiger partial charge in [0.1, 0.15) is 0 Å². The predicted octanol–water partition coefficient (Wildman–Crippen LogP) is 2.39. The van der Waals surface area contributed by atoms with Crippen molar-refractivity contribution in [3.63, 3.8) is 0 Å². The van der Waals surface area contributed by atoms with Gasteiger partial charge in [0.2, 0.25) is 11.8 Å². The van der Waals surface area contributed by atoms with Gasteiger partial charge in [-0.05, 0) is 30.9 Å². The van der Waals surface area contributed by atoms with E-state index in [2.05, 4.69) is 5.32 Å². The van der Waals surface area contributed by atoms with E-state index >= 15 is 0 Å². The van der Waals surface area contributed by atoms with Crippen LogP contribution in [0.2, 0.25) is 0 Å². The van der Waals surface area contributed by atoms with Crippen molar-refractivity contribution in [3.05, 3.63) is 29.8 Å². The minimum atomic E-state index is 0. The normalized spacial score (nSPS) is 15.0. The Morgan fingerprint density at radius 1 is 1.25 bits per heavy atom. The SMILES string of the molecule is CC(C)C(=O)N1CCC(NC(=O)CCc2ccccc2N)CC1.Cl. The van der Waals surface area contributed by atoms with Crippen LogP contribution in [-0.4, -0.2) is 35.8 Å².